The molecule has 0 unspecified atom stereocenters. The highest BCUT2D eigenvalue weighted by Gasteiger charge is 2.42. The summed E-state index contributed by atoms with van der Waals surface area (Å²) in [5.74, 6) is 0.622. The van der Waals surface area contributed by atoms with Crippen LogP contribution in [0.1, 0.15) is 25.3 Å². The van der Waals surface area contributed by atoms with Crippen molar-refractivity contribution in [2.24, 2.45) is 5.92 Å². The topological polar surface area (TPSA) is 33.1 Å². The zero-order chi connectivity index (χ0) is 11.2. The van der Waals surface area contributed by atoms with E-state index >= 15 is 0 Å². The van der Waals surface area contributed by atoms with Crippen molar-refractivity contribution >= 4 is 10.9 Å². The standard InChI is InChI=1S/C14H15NO/c1-10-8-14(16,9-10)12-5-2-6-13-11(12)4-3-7-15-13/h2-7,10,16H,8-9H2,1H3. The van der Waals surface area contributed by atoms with Crippen LogP contribution in [0, 0.1) is 5.92 Å². The molecule has 2 heteroatoms. The van der Waals surface area contributed by atoms with Gasteiger partial charge in [-0.1, -0.05) is 25.1 Å². The van der Waals surface area contributed by atoms with E-state index in [0.717, 1.165) is 29.3 Å². The fourth-order valence-corrected chi connectivity index (χ4v) is 2.82. The van der Waals surface area contributed by atoms with Crippen molar-refractivity contribution in [1.82, 2.24) is 4.98 Å². The van der Waals surface area contributed by atoms with Crippen LogP contribution < -0.4 is 0 Å². The molecule has 1 fully saturated rings. The lowest BCUT2D eigenvalue weighted by Crippen LogP contribution is -2.39. The van der Waals surface area contributed by atoms with Gasteiger partial charge in [0.1, 0.15) is 0 Å². The highest BCUT2D eigenvalue weighted by Crippen LogP contribution is 2.46. The molecule has 0 saturated heterocycles. The molecule has 0 amide bonds. The highest BCUT2D eigenvalue weighted by molar-refractivity contribution is 5.83. The van der Waals surface area contributed by atoms with Gasteiger partial charge in [-0.05, 0) is 36.5 Å². The van der Waals surface area contributed by atoms with Crippen LogP contribution in [0.25, 0.3) is 10.9 Å². The van der Waals surface area contributed by atoms with Crippen molar-refractivity contribution in [1.29, 1.82) is 0 Å². The minimum Gasteiger partial charge on any atom is -0.385 e. The molecule has 0 aliphatic heterocycles. The summed E-state index contributed by atoms with van der Waals surface area (Å²) in [4.78, 5) is 4.32. The fraction of sp³-hybridized carbons (Fsp3) is 0.357. The summed E-state index contributed by atoms with van der Waals surface area (Å²) in [6, 6.07) is 9.96. The molecule has 1 aromatic heterocycles. The summed E-state index contributed by atoms with van der Waals surface area (Å²) in [7, 11) is 0. The maximum absolute atomic E-state index is 10.5. The van der Waals surface area contributed by atoms with Gasteiger partial charge in [-0.15, -0.1) is 0 Å². The maximum atomic E-state index is 10.5. The molecule has 82 valence electrons. The summed E-state index contributed by atoms with van der Waals surface area (Å²) >= 11 is 0. The lowest BCUT2D eigenvalue weighted by Gasteiger charge is -2.43. The third kappa shape index (κ3) is 1.34. The number of aromatic nitrogens is 1. The van der Waals surface area contributed by atoms with Gasteiger partial charge in [0.05, 0.1) is 11.1 Å². The summed E-state index contributed by atoms with van der Waals surface area (Å²) in [6.45, 7) is 2.18. The van der Waals surface area contributed by atoms with E-state index in [2.05, 4.69) is 11.9 Å². The Balaban J connectivity index is 2.17. The predicted octanol–water partition coefficient (Wildman–Crippen LogP) is 2.85. The van der Waals surface area contributed by atoms with Crippen LogP contribution >= 0.6 is 0 Å². The first kappa shape index (κ1) is 9.79. The monoisotopic (exact) mass is 213 g/mol. The van der Waals surface area contributed by atoms with Gasteiger partial charge in [-0.3, -0.25) is 4.98 Å². The van der Waals surface area contributed by atoms with E-state index in [1.54, 1.807) is 6.20 Å². The van der Waals surface area contributed by atoms with E-state index in [0.29, 0.717) is 5.92 Å². The van der Waals surface area contributed by atoms with Crippen LogP contribution in [-0.2, 0) is 5.60 Å². The highest BCUT2D eigenvalue weighted by atomic mass is 16.3. The van der Waals surface area contributed by atoms with Gasteiger partial charge in [0.15, 0.2) is 0 Å². The Morgan fingerprint density at radius 1 is 1.25 bits per heavy atom. The summed E-state index contributed by atoms with van der Waals surface area (Å²) < 4.78 is 0. The molecule has 1 aromatic carbocycles. The van der Waals surface area contributed by atoms with Gasteiger partial charge < -0.3 is 5.11 Å². The summed E-state index contributed by atoms with van der Waals surface area (Å²) in [5.41, 5.74) is 1.38. The van der Waals surface area contributed by atoms with Crippen LogP contribution in [0.15, 0.2) is 36.5 Å². The molecule has 0 atom stereocenters. The number of aliphatic hydroxyl groups is 1. The van der Waals surface area contributed by atoms with Gasteiger partial charge in [-0.25, -0.2) is 0 Å². The van der Waals surface area contributed by atoms with Crippen LogP contribution in [0.5, 0.6) is 0 Å². The smallest absolute Gasteiger partial charge is 0.0908 e. The summed E-state index contributed by atoms with van der Waals surface area (Å²) in [5, 5.41) is 11.6. The van der Waals surface area contributed by atoms with Gasteiger partial charge in [0.2, 0.25) is 0 Å². The van der Waals surface area contributed by atoms with Crippen molar-refractivity contribution < 1.29 is 5.11 Å². The second-order valence-corrected chi connectivity index (χ2v) is 4.92. The second kappa shape index (κ2) is 3.29. The van der Waals surface area contributed by atoms with Crippen LogP contribution in [-0.4, -0.2) is 10.1 Å². The number of pyridine rings is 1. The van der Waals surface area contributed by atoms with E-state index in [1.807, 2.05) is 30.3 Å². The molecule has 1 saturated carbocycles. The number of nitrogens with zero attached hydrogens (tertiary/aromatic N) is 1. The lowest BCUT2D eigenvalue weighted by atomic mass is 9.67. The SMILES string of the molecule is CC1CC(O)(c2cccc3ncccc23)C1. The number of rotatable bonds is 1. The molecule has 3 rings (SSSR count). The first-order valence-corrected chi connectivity index (χ1v) is 5.76. The number of hydrogen-bond donors (Lipinski definition) is 1. The van der Waals surface area contributed by atoms with Gasteiger partial charge in [0.25, 0.3) is 0 Å². The predicted molar refractivity (Wildman–Crippen MR) is 64.0 cm³/mol. The van der Waals surface area contributed by atoms with E-state index in [1.165, 1.54) is 0 Å². The van der Waals surface area contributed by atoms with Crippen molar-refractivity contribution in [3.05, 3.63) is 42.1 Å². The molecule has 2 nitrogen and oxygen atoms in total. The number of hydrogen-bond acceptors (Lipinski definition) is 2. The average molecular weight is 213 g/mol. The van der Waals surface area contributed by atoms with E-state index in [4.69, 9.17) is 0 Å². The normalized spacial score (nSPS) is 29.0. The van der Waals surface area contributed by atoms with Crippen molar-refractivity contribution in [3.63, 3.8) is 0 Å². The van der Waals surface area contributed by atoms with Crippen LogP contribution in [0.4, 0.5) is 0 Å². The van der Waals surface area contributed by atoms with Crippen LogP contribution in [0.3, 0.4) is 0 Å². The average Bonchev–Trinajstić information content (AvgIpc) is 2.26. The molecule has 0 radical (unpaired) electrons. The minimum absolute atomic E-state index is 0.622. The molecule has 1 N–H and O–H groups in total. The molecule has 1 aliphatic rings. The molecule has 0 bridgehead atoms. The molecular weight excluding hydrogens is 198 g/mol. The molecule has 1 aliphatic carbocycles. The van der Waals surface area contributed by atoms with Crippen molar-refractivity contribution in [3.8, 4) is 0 Å². The third-order valence-corrected chi connectivity index (χ3v) is 3.52. The maximum Gasteiger partial charge on any atom is 0.0908 e. The molecule has 16 heavy (non-hydrogen) atoms. The van der Waals surface area contributed by atoms with Gasteiger partial charge >= 0.3 is 0 Å². The zero-order valence-corrected chi connectivity index (χ0v) is 9.35. The number of fused-ring (bicyclic) bond motifs is 1. The summed E-state index contributed by atoms with van der Waals surface area (Å²) in [6.07, 6.45) is 3.52. The number of benzene rings is 1. The van der Waals surface area contributed by atoms with Crippen LogP contribution in [0.2, 0.25) is 0 Å². The van der Waals surface area contributed by atoms with E-state index in [9.17, 15) is 5.11 Å². The zero-order valence-electron chi connectivity index (χ0n) is 9.35. The molecule has 2 aromatic rings. The first-order valence-electron chi connectivity index (χ1n) is 5.76. The minimum atomic E-state index is -0.623. The Morgan fingerprint density at radius 3 is 2.81 bits per heavy atom. The Labute approximate surface area is 94.9 Å². The molecule has 1 heterocycles. The Kier molecular flexibility index (Phi) is 2.01. The lowest BCUT2D eigenvalue weighted by molar-refractivity contribution is -0.0726. The third-order valence-electron chi connectivity index (χ3n) is 3.52. The second-order valence-electron chi connectivity index (χ2n) is 4.92. The molecular formula is C14H15NO. The Morgan fingerprint density at radius 2 is 2.06 bits per heavy atom. The Hall–Kier alpha value is -1.41. The van der Waals surface area contributed by atoms with Crippen molar-refractivity contribution in [2.45, 2.75) is 25.4 Å². The Bertz CT molecular complexity index is 524. The van der Waals surface area contributed by atoms with E-state index < -0.39 is 5.60 Å². The van der Waals surface area contributed by atoms with Gasteiger partial charge in [-0.2, -0.15) is 0 Å². The fourth-order valence-electron chi connectivity index (χ4n) is 2.82. The first-order chi connectivity index (χ1) is 7.69. The van der Waals surface area contributed by atoms with E-state index in [-0.39, 0.29) is 0 Å². The van der Waals surface area contributed by atoms with Gasteiger partial charge in [0, 0.05) is 11.6 Å². The van der Waals surface area contributed by atoms with Crippen molar-refractivity contribution in [2.75, 3.05) is 0 Å². The molecule has 0 spiro atoms. The largest absolute Gasteiger partial charge is 0.385 e. The quantitative estimate of drug-likeness (QED) is 0.790.